The molecule has 0 aliphatic carbocycles. The first-order valence-corrected chi connectivity index (χ1v) is 4.81. The summed E-state index contributed by atoms with van der Waals surface area (Å²) in [4.78, 5) is 11.3. The van der Waals surface area contributed by atoms with Crippen LogP contribution in [-0.4, -0.2) is 19.0 Å². The molecule has 3 nitrogen and oxygen atoms in total. The van der Waals surface area contributed by atoms with Crippen LogP contribution in [0.1, 0.15) is 26.2 Å². The van der Waals surface area contributed by atoms with Gasteiger partial charge < -0.3 is 11.1 Å². The smallest absolute Gasteiger partial charge is 0.222 e. The van der Waals surface area contributed by atoms with E-state index in [-0.39, 0.29) is 11.8 Å². The first kappa shape index (κ1) is 12.2. The highest BCUT2D eigenvalue weighted by atomic mass is 16.1. The summed E-state index contributed by atoms with van der Waals surface area (Å²) < 4.78 is 0. The van der Waals surface area contributed by atoms with Gasteiger partial charge in [0.15, 0.2) is 0 Å². The molecular weight excluding hydrogens is 164 g/mol. The summed E-state index contributed by atoms with van der Waals surface area (Å²) in [6.07, 6.45) is 4.41. The van der Waals surface area contributed by atoms with Crippen molar-refractivity contribution >= 4 is 5.91 Å². The van der Waals surface area contributed by atoms with E-state index < -0.39 is 0 Å². The minimum atomic E-state index is 0.0772. The molecule has 3 N–H and O–H groups in total. The van der Waals surface area contributed by atoms with Crippen LogP contribution in [0.15, 0.2) is 12.7 Å². The van der Waals surface area contributed by atoms with Gasteiger partial charge in [0.05, 0.1) is 0 Å². The predicted octanol–water partition coefficient (Wildman–Crippen LogP) is 1.05. The topological polar surface area (TPSA) is 55.1 Å². The molecule has 3 heteroatoms. The lowest BCUT2D eigenvalue weighted by atomic mass is 10.1. The van der Waals surface area contributed by atoms with Crippen molar-refractivity contribution in [3.63, 3.8) is 0 Å². The lowest BCUT2D eigenvalue weighted by Crippen LogP contribution is -2.30. The number of carbonyl (C=O) groups is 1. The summed E-state index contributed by atoms with van der Waals surface area (Å²) in [5.41, 5.74) is 5.35. The first-order valence-electron chi connectivity index (χ1n) is 4.81. The zero-order chi connectivity index (χ0) is 10.1. The molecule has 13 heavy (non-hydrogen) atoms. The summed E-state index contributed by atoms with van der Waals surface area (Å²) >= 11 is 0. The Balaban J connectivity index is 3.50. The van der Waals surface area contributed by atoms with Gasteiger partial charge in [-0.15, -0.1) is 6.58 Å². The lowest BCUT2D eigenvalue weighted by Gasteiger charge is -2.10. The van der Waals surface area contributed by atoms with Crippen LogP contribution in [0, 0.1) is 5.92 Å². The minimum Gasteiger partial charge on any atom is -0.356 e. The molecule has 0 bridgehead atoms. The molecule has 0 aromatic heterocycles. The molecule has 0 saturated heterocycles. The molecule has 1 unspecified atom stereocenters. The second-order valence-corrected chi connectivity index (χ2v) is 3.20. The second-order valence-electron chi connectivity index (χ2n) is 3.20. The van der Waals surface area contributed by atoms with Gasteiger partial charge in [0, 0.05) is 12.5 Å². The molecule has 0 spiro atoms. The van der Waals surface area contributed by atoms with E-state index in [2.05, 4.69) is 11.9 Å². The SMILES string of the molecule is C=CCCNC(=O)C(C)CCCN. The third-order valence-corrected chi connectivity index (χ3v) is 1.94. The fourth-order valence-corrected chi connectivity index (χ4v) is 1.03. The highest BCUT2D eigenvalue weighted by molar-refractivity contribution is 5.78. The van der Waals surface area contributed by atoms with Crippen LogP contribution in [0.2, 0.25) is 0 Å². The summed E-state index contributed by atoms with van der Waals surface area (Å²) in [7, 11) is 0. The molecule has 0 radical (unpaired) electrons. The lowest BCUT2D eigenvalue weighted by molar-refractivity contribution is -0.124. The van der Waals surface area contributed by atoms with E-state index in [0.29, 0.717) is 13.1 Å². The number of amides is 1. The quantitative estimate of drug-likeness (QED) is 0.459. The Bertz CT molecular complexity index is 157. The number of rotatable bonds is 7. The average molecular weight is 184 g/mol. The van der Waals surface area contributed by atoms with E-state index in [1.54, 1.807) is 6.08 Å². The fraction of sp³-hybridized carbons (Fsp3) is 0.700. The Morgan fingerprint density at radius 3 is 2.92 bits per heavy atom. The zero-order valence-electron chi connectivity index (χ0n) is 8.38. The van der Waals surface area contributed by atoms with Crippen LogP contribution >= 0.6 is 0 Å². The molecule has 0 aromatic carbocycles. The predicted molar refractivity (Wildman–Crippen MR) is 55.3 cm³/mol. The molecule has 0 aromatic rings. The zero-order valence-corrected chi connectivity index (χ0v) is 8.38. The molecule has 0 aliphatic heterocycles. The number of nitrogens with one attached hydrogen (secondary N) is 1. The van der Waals surface area contributed by atoms with Gasteiger partial charge in [-0.2, -0.15) is 0 Å². The van der Waals surface area contributed by atoms with Crippen molar-refractivity contribution in [3.8, 4) is 0 Å². The van der Waals surface area contributed by atoms with Crippen molar-refractivity contribution in [2.75, 3.05) is 13.1 Å². The third-order valence-electron chi connectivity index (χ3n) is 1.94. The molecule has 0 rings (SSSR count). The van der Waals surface area contributed by atoms with E-state index in [1.165, 1.54) is 0 Å². The summed E-state index contributed by atoms with van der Waals surface area (Å²) in [5.74, 6) is 0.198. The molecular formula is C10H20N2O. The monoisotopic (exact) mass is 184 g/mol. The van der Waals surface area contributed by atoms with E-state index in [1.807, 2.05) is 6.92 Å². The Morgan fingerprint density at radius 1 is 1.69 bits per heavy atom. The maximum Gasteiger partial charge on any atom is 0.222 e. The van der Waals surface area contributed by atoms with E-state index in [0.717, 1.165) is 19.3 Å². The number of carbonyl (C=O) groups excluding carboxylic acids is 1. The fourth-order valence-electron chi connectivity index (χ4n) is 1.03. The van der Waals surface area contributed by atoms with Gasteiger partial charge in [-0.25, -0.2) is 0 Å². The van der Waals surface area contributed by atoms with Gasteiger partial charge in [-0.3, -0.25) is 4.79 Å². The van der Waals surface area contributed by atoms with Gasteiger partial charge in [-0.1, -0.05) is 13.0 Å². The maximum absolute atomic E-state index is 11.3. The van der Waals surface area contributed by atoms with Gasteiger partial charge in [0.2, 0.25) is 5.91 Å². The Morgan fingerprint density at radius 2 is 2.38 bits per heavy atom. The summed E-state index contributed by atoms with van der Waals surface area (Å²) in [6.45, 7) is 6.86. The molecule has 0 saturated carbocycles. The highest BCUT2D eigenvalue weighted by Gasteiger charge is 2.10. The molecule has 0 fully saturated rings. The van der Waals surface area contributed by atoms with Crippen molar-refractivity contribution in [2.45, 2.75) is 26.2 Å². The van der Waals surface area contributed by atoms with Crippen LogP contribution in [0.25, 0.3) is 0 Å². The maximum atomic E-state index is 11.3. The standard InChI is InChI=1S/C10H20N2O/c1-3-4-8-12-10(13)9(2)6-5-7-11/h3,9H,1,4-8,11H2,2H3,(H,12,13). The van der Waals surface area contributed by atoms with Crippen LogP contribution in [0.3, 0.4) is 0 Å². The van der Waals surface area contributed by atoms with Gasteiger partial charge in [0.1, 0.15) is 0 Å². The van der Waals surface area contributed by atoms with Crippen molar-refractivity contribution < 1.29 is 4.79 Å². The normalized spacial score (nSPS) is 12.2. The van der Waals surface area contributed by atoms with Crippen molar-refractivity contribution in [1.29, 1.82) is 0 Å². The van der Waals surface area contributed by atoms with E-state index >= 15 is 0 Å². The van der Waals surface area contributed by atoms with Gasteiger partial charge >= 0.3 is 0 Å². The second kappa shape index (κ2) is 7.80. The molecule has 0 aliphatic rings. The number of hydrogen-bond acceptors (Lipinski definition) is 2. The van der Waals surface area contributed by atoms with Crippen LogP contribution in [0.5, 0.6) is 0 Å². The minimum absolute atomic E-state index is 0.0772. The first-order chi connectivity index (χ1) is 6.22. The van der Waals surface area contributed by atoms with Crippen molar-refractivity contribution in [1.82, 2.24) is 5.32 Å². The Hall–Kier alpha value is -0.830. The average Bonchev–Trinajstić information content (AvgIpc) is 2.14. The van der Waals surface area contributed by atoms with Gasteiger partial charge in [0.25, 0.3) is 0 Å². The third kappa shape index (κ3) is 6.34. The van der Waals surface area contributed by atoms with Crippen LogP contribution < -0.4 is 11.1 Å². The molecule has 1 atom stereocenters. The van der Waals surface area contributed by atoms with E-state index in [9.17, 15) is 4.79 Å². The van der Waals surface area contributed by atoms with E-state index in [4.69, 9.17) is 5.73 Å². The van der Waals surface area contributed by atoms with Crippen molar-refractivity contribution in [2.24, 2.45) is 11.7 Å². The van der Waals surface area contributed by atoms with Gasteiger partial charge in [-0.05, 0) is 25.8 Å². The molecule has 1 amide bonds. The van der Waals surface area contributed by atoms with Crippen LogP contribution in [0.4, 0.5) is 0 Å². The summed E-state index contributed by atoms with van der Waals surface area (Å²) in [6, 6.07) is 0. The molecule has 76 valence electrons. The Labute approximate surface area is 80.4 Å². The number of hydrogen-bond donors (Lipinski definition) is 2. The largest absolute Gasteiger partial charge is 0.356 e. The molecule has 0 heterocycles. The summed E-state index contributed by atoms with van der Waals surface area (Å²) in [5, 5.41) is 2.84. The Kier molecular flexibility index (Phi) is 7.30. The number of nitrogens with two attached hydrogens (primary N) is 1. The van der Waals surface area contributed by atoms with Crippen molar-refractivity contribution in [3.05, 3.63) is 12.7 Å². The highest BCUT2D eigenvalue weighted by Crippen LogP contribution is 2.03. The van der Waals surface area contributed by atoms with Crippen LogP contribution in [-0.2, 0) is 4.79 Å².